The van der Waals surface area contributed by atoms with Crippen LogP contribution >= 0.6 is 11.3 Å². The third-order valence-electron chi connectivity index (χ3n) is 2.87. The summed E-state index contributed by atoms with van der Waals surface area (Å²) in [6.07, 6.45) is 1.71. The number of aromatic nitrogens is 1. The average Bonchev–Trinajstić information content (AvgIpc) is 2.97. The highest BCUT2D eigenvalue weighted by Gasteiger charge is 2.10. The van der Waals surface area contributed by atoms with Crippen LogP contribution in [-0.2, 0) is 0 Å². The van der Waals surface area contributed by atoms with Crippen molar-refractivity contribution in [1.29, 1.82) is 0 Å². The maximum absolute atomic E-state index is 13.1. The fraction of sp³-hybridized carbons (Fsp3) is 0. The van der Waals surface area contributed by atoms with Crippen molar-refractivity contribution in [2.24, 2.45) is 0 Å². The SMILES string of the molecule is O=C(Nc1ncc(-c2ccccc2)s1)c1cccc(F)c1. The quantitative estimate of drug-likeness (QED) is 0.787. The zero-order chi connectivity index (χ0) is 14.7. The van der Waals surface area contributed by atoms with E-state index in [0.717, 1.165) is 10.4 Å². The molecule has 0 radical (unpaired) electrons. The number of thiazole rings is 1. The van der Waals surface area contributed by atoms with Crippen molar-refractivity contribution in [3.8, 4) is 10.4 Å². The number of hydrogen-bond acceptors (Lipinski definition) is 3. The topological polar surface area (TPSA) is 42.0 Å². The lowest BCUT2D eigenvalue weighted by Gasteiger charge is -2.01. The lowest BCUT2D eigenvalue weighted by atomic mass is 10.2. The molecular formula is C16H11FN2OS. The van der Waals surface area contributed by atoms with Crippen molar-refractivity contribution in [1.82, 2.24) is 4.98 Å². The van der Waals surface area contributed by atoms with Gasteiger partial charge in [-0.15, -0.1) is 0 Å². The van der Waals surface area contributed by atoms with Crippen LogP contribution in [0, 0.1) is 5.82 Å². The number of benzene rings is 2. The Balaban J connectivity index is 1.77. The van der Waals surface area contributed by atoms with Gasteiger partial charge in [0.25, 0.3) is 5.91 Å². The van der Waals surface area contributed by atoms with Crippen LogP contribution in [0.25, 0.3) is 10.4 Å². The van der Waals surface area contributed by atoms with E-state index >= 15 is 0 Å². The highest BCUT2D eigenvalue weighted by molar-refractivity contribution is 7.19. The molecule has 0 atom stereocenters. The van der Waals surface area contributed by atoms with Gasteiger partial charge in [-0.2, -0.15) is 0 Å². The number of amides is 1. The standard InChI is InChI=1S/C16H11FN2OS/c17-13-8-4-7-12(9-13)15(20)19-16-18-10-14(21-16)11-5-2-1-3-6-11/h1-10H,(H,18,19,20). The maximum Gasteiger partial charge on any atom is 0.257 e. The number of carbonyl (C=O) groups is 1. The van der Waals surface area contributed by atoms with E-state index in [4.69, 9.17) is 0 Å². The van der Waals surface area contributed by atoms with Crippen LogP contribution in [0.2, 0.25) is 0 Å². The van der Waals surface area contributed by atoms with Gasteiger partial charge in [0, 0.05) is 11.8 Å². The fourth-order valence-electron chi connectivity index (χ4n) is 1.87. The molecule has 0 saturated carbocycles. The summed E-state index contributed by atoms with van der Waals surface area (Å²) in [4.78, 5) is 17.1. The summed E-state index contributed by atoms with van der Waals surface area (Å²) in [5.74, 6) is -0.810. The minimum Gasteiger partial charge on any atom is -0.298 e. The van der Waals surface area contributed by atoms with Gasteiger partial charge in [0.05, 0.1) is 4.88 Å². The van der Waals surface area contributed by atoms with Gasteiger partial charge < -0.3 is 0 Å². The first-order valence-electron chi connectivity index (χ1n) is 6.30. The molecule has 21 heavy (non-hydrogen) atoms. The highest BCUT2D eigenvalue weighted by atomic mass is 32.1. The second-order valence-corrected chi connectivity index (χ2v) is 5.39. The van der Waals surface area contributed by atoms with Crippen LogP contribution < -0.4 is 5.32 Å². The second kappa shape index (κ2) is 5.85. The van der Waals surface area contributed by atoms with Crippen LogP contribution in [0.4, 0.5) is 9.52 Å². The first-order valence-corrected chi connectivity index (χ1v) is 7.12. The van der Waals surface area contributed by atoms with E-state index in [0.29, 0.717) is 5.13 Å². The highest BCUT2D eigenvalue weighted by Crippen LogP contribution is 2.28. The number of hydrogen-bond donors (Lipinski definition) is 1. The lowest BCUT2D eigenvalue weighted by Crippen LogP contribution is -2.11. The number of carbonyl (C=O) groups excluding carboxylic acids is 1. The monoisotopic (exact) mass is 298 g/mol. The van der Waals surface area contributed by atoms with Crippen LogP contribution in [0.3, 0.4) is 0 Å². The molecule has 1 heterocycles. The molecule has 0 bridgehead atoms. The summed E-state index contributed by atoms with van der Waals surface area (Å²) in [6, 6.07) is 15.3. The molecule has 3 rings (SSSR count). The molecule has 5 heteroatoms. The Morgan fingerprint density at radius 1 is 1.10 bits per heavy atom. The molecular weight excluding hydrogens is 287 g/mol. The van der Waals surface area contributed by atoms with Crippen molar-refractivity contribution < 1.29 is 9.18 Å². The molecule has 0 aliphatic heterocycles. The fourth-order valence-corrected chi connectivity index (χ4v) is 2.68. The Morgan fingerprint density at radius 2 is 1.90 bits per heavy atom. The zero-order valence-corrected chi connectivity index (χ0v) is 11.7. The number of rotatable bonds is 3. The van der Waals surface area contributed by atoms with Gasteiger partial charge in [0.1, 0.15) is 5.82 Å². The molecule has 0 saturated heterocycles. The lowest BCUT2D eigenvalue weighted by molar-refractivity contribution is 0.102. The van der Waals surface area contributed by atoms with Gasteiger partial charge in [-0.25, -0.2) is 9.37 Å². The largest absolute Gasteiger partial charge is 0.298 e. The molecule has 2 aromatic carbocycles. The van der Waals surface area contributed by atoms with Crippen LogP contribution in [-0.4, -0.2) is 10.9 Å². The van der Waals surface area contributed by atoms with Crippen molar-refractivity contribution in [2.45, 2.75) is 0 Å². The first-order chi connectivity index (χ1) is 10.2. The Bertz CT molecular complexity index is 771. The molecule has 3 aromatic rings. The van der Waals surface area contributed by atoms with Gasteiger partial charge in [-0.05, 0) is 23.8 Å². The molecule has 3 nitrogen and oxygen atoms in total. The third-order valence-corrected chi connectivity index (χ3v) is 3.83. The summed E-state index contributed by atoms with van der Waals surface area (Å²) in [5.41, 5.74) is 1.31. The molecule has 0 aliphatic rings. The zero-order valence-electron chi connectivity index (χ0n) is 10.9. The summed E-state index contributed by atoms with van der Waals surface area (Å²) in [7, 11) is 0. The Labute approximate surface area is 125 Å². The Hall–Kier alpha value is -2.53. The third kappa shape index (κ3) is 3.14. The molecule has 104 valence electrons. The molecule has 0 unspecified atom stereocenters. The molecule has 0 fully saturated rings. The van der Waals surface area contributed by atoms with Gasteiger partial charge in [0.2, 0.25) is 0 Å². The minimum atomic E-state index is -0.438. The summed E-state index contributed by atoms with van der Waals surface area (Å²) < 4.78 is 13.1. The van der Waals surface area contributed by atoms with E-state index in [-0.39, 0.29) is 11.5 Å². The van der Waals surface area contributed by atoms with E-state index in [2.05, 4.69) is 10.3 Å². The number of anilines is 1. The first kappa shape index (κ1) is 13.5. The summed E-state index contributed by atoms with van der Waals surface area (Å²) >= 11 is 1.38. The maximum atomic E-state index is 13.1. The van der Waals surface area contributed by atoms with Crippen molar-refractivity contribution in [2.75, 3.05) is 5.32 Å². The number of nitrogens with zero attached hydrogens (tertiary/aromatic N) is 1. The van der Waals surface area contributed by atoms with Crippen molar-refractivity contribution >= 4 is 22.4 Å². The van der Waals surface area contributed by atoms with E-state index in [9.17, 15) is 9.18 Å². The van der Waals surface area contributed by atoms with Gasteiger partial charge >= 0.3 is 0 Å². The molecule has 1 aromatic heterocycles. The van der Waals surface area contributed by atoms with E-state index in [1.165, 1.54) is 29.5 Å². The van der Waals surface area contributed by atoms with E-state index < -0.39 is 5.82 Å². The van der Waals surface area contributed by atoms with Gasteiger partial charge in [0.15, 0.2) is 5.13 Å². The van der Waals surface area contributed by atoms with Crippen LogP contribution in [0.15, 0.2) is 60.8 Å². The molecule has 1 amide bonds. The summed E-state index contributed by atoms with van der Waals surface area (Å²) in [6.45, 7) is 0. The predicted molar refractivity (Wildman–Crippen MR) is 81.9 cm³/mol. The molecule has 0 aliphatic carbocycles. The van der Waals surface area contributed by atoms with Gasteiger partial charge in [-0.3, -0.25) is 10.1 Å². The van der Waals surface area contributed by atoms with Crippen LogP contribution in [0.5, 0.6) is 0 Å². The number of halogens is 1. The minimum absolute atomic E-state index is 0.270. The average molecular weight is 298 g/mol. The molecule has 1 N–H and O–H groups in total. The van der Waals surface area contributed by atoms with E-state index in [1.54, 1.807) is 12.3 Å². The van der Waals surface area contributed by atoms with E-state index in [1.807, 2.05) is 30.3 Å². The van der Waals surface area contributed by atoms with Crippen molar-refractivity contribution in [3.05, 3.63) is 72.2 Å². The Kier molecular flexibility index (Phi) is 3.75. The molecule has 0 spiro atoms. The second-order valence-electron chi connectivity index (χ2n) is 4.36. The predicted octanol–water partition coefficient (Wildman–Crippen LogP) is 4.20. The van der Waals surface area contributed by atoms with Gasteiger partial charge in [-0.1, -0.05) is 47.7 Å². The number of nitrogens with one attached hydrogen (secondary N) is 1. The smallest absolute Gasteiger partial charge is 0.257 e. The Morgan fingerprint density at radius 3 is 2.67 bits per heavy atom. The van der Waals surface area contributed by atoms with Crippen LogP contribution in [0.1, 0.15) is 10.4 Å². The summed E-state index contributed by atoms with van der Waals surface area (Å²) in [5, 5.41) is 3.17. The normalized spacial score (nSPS) is 10.3. The van der Waals surface area contributed by atoms with Crippen molar-refractivity contribution in [3.63, 3.8) is 0 Å².